The molecule has 32 heavy (non-hydrogen) atoms. The number of carbonyl (C=O) groups is 1. The lowest BCUT2D eigenvalue weighted by atomic mass is 10.1. The van der Waals surface area contributed by atoms with E-state index in [2.05, 4.69) is 15.0 Å². The van der Waals surface area contributed by atoms with Crippen LogP contribution in [0.3, 0.4) is 0 Å². The molecule has 0 radical (unpaired) electrons. The molecule has 1 aromatic heterocycles. The van der Waals surface area contributed by atoms with Gasteiger partial charge in [0, 0.05) is 31.2 Å². The Kier molecular flexibility index (Phi) is 5.97. The van der Waals surface area contributed by atoms with E-state index < -0.39 is 6.36 Å². The number of nitrogens with one attached hydrogen (secondary N) is 1. The van der Waals surface area contributed by atoms with Crippen LogP contribution in [-0.4, -0.2) is 22.2 Å². The second kappa shape index (κ2) is 8.70. The van der Waals surface area contributed by atoms with Gasteiger partial charge in [-0.2, -0.15) is 0 Å². The van der Waals surface area contributed by atoms with Crippen molar-refractivity contribution in [1.82, 2.24) is 9.88 Å². The first-order valence-corrected chi connectivity index (χ1v) is 10.2. The topological polar surface area (TPSA) is 54.5 Å². The first-order chi connectivity index (χ1) is 15.2. The molecule has 2 heterocycles. The second-order valence-electron chi connectivity index (χ2n) is 7.50. The number of rotatable bonds is 6. The summed E-state index contributed by atoms with van der Waals surface area (Å²) in [5, 5.41) is 3.72. The van der Waals surface area contributed by atoms with Crippen molar-refractivity contribution < 1.29 is 22.7 Å². The molecule has 0 saturated heterocycles. The molecule has 2 aromatic carbocycles. The molecule has 1 amide bonds. The van der Waals surface area contributed by atoms with Gasteiger partial charge < -0.3 is 15.0 Å². The van der Waals surface area contributed by atoms with Crippen LogP contribution in [0.25, 0.3) is 0 Å². The van der Waals surface area contributed by atoms with E-state index in [0.29, 0.717) is 22.7 Å². The summed E-state index contributed by atoms with van der Waals surface area (Å²) in [7, 11) is 0. The van der Waals surface area contributed by atoms with E-state index in [0.717, 1.165) is 16.8 Å². The van der Waals surface area contributed by atoms with Crippen molar-refractivity contribution >= 4 is 23.2 Å². The SMILES string of the molecule is CC(Nc1cc(Cl)c2c(c1)CN(Cc1ccc(OC(F)(F)F)cc1)C2=O)c1cccnc1. The number of alkyl halides is 3. The largest absolute Gasteiger partial charge is 0.573 e. The molecular weight excluding hydrogens is 443 g/mol. The highest BCUT2D eigenvalue weighted by atomic mass is 35.5. The van der Waals surface area contributed by atoms with E-state index in [1.165, 1.54) is 24.3 Å². The van der Waals surface area contributed by atoms with E-state index in [1.54, 1.807) is 23.4 Å². The number of benzene rings is 2. The lowest BCUT2D eigenvalue weighted by Crippen LogP contribution is -2.23. The van der Waals surface area contributed by atoms with Crippen molar-refractivity contribution in [3.05, 3.63) is 88.2 Å². The van der Waals surface area contributed by atoms with Gasteiger partial charge in [-0.25, -0.2) is 0 Å². The van der Waals surface area contributed by atoms with Crippen molar-refractivity contribution in [2.24, 2.45) is 0 Å². The zero-order valence-corrected chi connectivity index (χ0v) is 17.7. The van der Waals surface area contributed by atoms with Crippen LogP contribution in [0, 0.1) is 0 Å². The van der Waals surface area contributed by atoms with Gasteiger partial charge in [-0.15, -0.1) is 13.2 Å². The van der Waals surface area contributed by atoms with Crippen LogP contribution in [0.4, 0.5) is 18.9 Å². The molecule has 0 saturated carbocycles. The predicted octanol–water partition coefficient (Wildman–Crippen LogP) is 5.96. The molecule has 1 aliphatic heterocycles. The number of ether oxygens (including phenoxy) is 1. The molecule has 3 aromatic rings. The summed E-state index contributed by atoms with van der Waals surface area (Å²) in [5.74, 6) is -0.522. The van der Waals surface area contributed by atoms with Crippen LogP contribution >= 0.6 is 11.6 Å². The van der Waals surface area contributed by atoms with Crippen LogP contribution in [0.5, 0.6) is 5.75 Å². The third-order valence-corrected chi connectivity index (χ3v) is 5.43. The summed E-state index contributed by atoms with van der Waals surface area (Å²) < 4.78 is 40.8. The quantitative estimate of drug-likeness (QED) is 0.492. The smallest absolute Gasteiger partial charge is 0.406 e. The average Bonchev–Trinajstić information content (AvgIpc) is 3.04. The number of hydrogen-bond donors (Lipinski definition) is 1. The molecule has 0 spiro atoms. The fourth-order valence-electron chi connectivity index (χ4n) is 3.66. The predicted molar refractivity (Wildman–Crippen MR) is 114 cm³/mol. The minimum Gasteiger partial charge on any atom is -0.406 e. The number of amides is 1. The molecule has 0 fully saturated rings. The maximum Gasteiger partial charge on any atom is 0.573 e. The van der Waals surface area contributed by atoms with Crippen LogP contribution in [0.1, 0.15) is 40.0 Å². The van der Waals surface area contributed by atoms with Gasteiger partial charge in [-0.05, 0) is 53.9 Å². The number of aromatic nitrogens is 1. The van der Waals surface area contributed by atoms with E-state index in [4.69, 9.17) is 11.6 Å². The third-order valence-electron chi connectivity index (χ3n) is 5.13. The fourth-order valence-corrected chi connectivity index (χ4v) is 3.98. The molecule has 1 atom stereocenters. The Labute approximate surface area is 187 Å². The van der Waals surface area contributed by atoms with Crippen LogP contribution in [-0.2, 0) is 13.1 Å². The fraction of sp³-hybridized carbons (Fsp3) is 0.217. The summed E-state index contributed by atoms with van der Waals surface area (Å²) in [6, 6.07) is 12.9. The molecule has 0 aliphatic carbocycles. The van der Waals surface area contributed by atoms with E-state index in [9.17, 15) is 18.0 Å². The Morgan fingerprint density at radius 1 is 1.22 bits per heavy atom. The monoisotopic (exact) mass is 461 g/mol. The van der Waals surface area contributed by atoms with Crippen LogP contribution in [0.15, 0.2) is 60.9 Å². The number of halogens is 4. The van der Waals surface area contributed by atoms with Gasteiger partial charge in [0.05, 0.1) is 16.6 Å². The highest BCUT2D eigenvalue weighted by molar-refractivity contribution is 6.34. The molecule has 4 rings (SSSR count). The number of anilines is 1. The number of nitrogens with zero attached hydrogens (tertiary/aromatic N) is 2. The summed E-state index contributed by atoms with van der Waals surface area (Å²) in [6.07, 6.45) is -1.26. The molecular formula is C23H19ClF3N3O2. The Morgan fingerprint density at radius 2 is 1.97 bits per heavy atom. The standard InChI is InChI=1S/C23H19ClF3N3O2/c1-14(16-3-2-8-28-11-16)29-18-9-17-13-30(22(31)21(17)20(24)10-18)12-15-4-6-19(7-5-15)32-23(25,26)27/h2-11,14,29H,12-13H2,1H3. The number of carbonyl (C=O) groups excluding carboxylic acids is 1. The maximum atomic E-state index is 12.9. The second-order valence-corrected chi connectivity index (χ2v) is 7.90. The summed E-state index contributed by atoms with van der Waals surface area (Å²) in [5.41, 5.74) is 3.72. The normalized spacial score (nSPS) is 14.3. The molecule has 0 bridgehead atoms. The summed E-state index contributed by atoms with van der Waals surface area (Å²) >= 11 is 6.43. The van der Waals surface area contributed by atoms with Gasteiger partial charge in [0.25, 0.3) is 5.91 Å². The number of hydrogen-bond acceptors (Lipinski definition) is 4. The Morgan fingerprint density at radius 3 is 2.62 bits per heavy atom. The minimum absolute atomic E-state index is 0.0107. The molecule has 1 aliphatic rings. The highest BCUT2D eigenvalue weighted by Gasteiger charge is 2.32. The third kappa shape index (κ3) is 4.96. The Balaban J connectivity index is 1.47. The van der Waals surface area contributed by atoms with Gasteiger partial charge in [0.15, 0.2) is 0 Å². The van der Waals surface area contributed by atoms with E-state index >= 15 is 0 Å². The number of fused-ring (bicyclic) bond motifs is 1. The van der Waals surface area contributed by atoms with Gasteiger partial charge in [-0.1, -0.05) is 29.8 Å². The number of pyridine rings is 1. The highest BCUT2D eigenvalue weighted by Crippen LogP contribution is 2.34. The Hall–Kier alpha value is -3.26. The van der Waals surface area contributed by atoms with Crippen LogP contribution < -0.4 is 10.1 Å². The maximum absolute atomic E-state index is 12.9. The summed E-state index contributed by atoms with van der Waals surface area (Å²) in [6.45, 7) is 2.60. The van der Waals surface area contributed by atoms with Gasteiger partial charge in [0.2, 0.25) is 0 Å². The molecule has 5 nitrogen and oxygen atoms in total. The molecule has 1 unspecified atom stereocenters. The van der Waals surface area contributed by atoms with Crippen molar-refractivity contribution in [3.8, 4) is 5.75 Å². The summed E-state index contributed by atoms with van der Waals surface area (Å²) in [4.78, 5) is 18.6. The van der Waals surface area contributed by atoms with E-state index in [-0.39, 0.29) is 24.2 Å². The first-order valence-electron chi connectivity index (χ1n) is 9.82. The minimum atomic E-state index is -4.74. The van der Waals surface area contributed by atoms with Crippen molar-refractivity contribution in [2.75, 3.05) is 5.32 Å². The van der Waals surface area contributed by atoms with E-state index in [1.807, 2.05) is 25.1 Å². The van der Waals surface area contributed by atoms with Gasteiger partial charge in [0.1, 0.15) is 5.75 Å². The molecule has 1 N–H and O–H groups in total. The molecule has 9 heteroatoms. The van der Waals surface area contributed by atoms with Gasteiger partial charge >= 0.3 is 6.36 Å². The lowest BCUT2D eigenvalue weighted by Gasteiger charge is -2.16. The van der Waals surface area contributed by atoms with Crippen molar-refractivity contribution in [3.63, 3.8) is 0 Å². The Bertz CT molecular complexity index is 1120. The van der Waals surface area contributed by atoms with Crippen molar-refractivity contribution in [1.29, 1.82) is 0 Å². The zero-order valence-electron chi connectivity index (χ0n) is 17.0. The lowest BCUT2D eigenvalue weighted by molar-refractivity contribution is -0.274. The van der Waals surface area contributed by atoms with Gasteiger partial charge in [-0.3, -0.25) is 9.78 Å². The van der Waals surface area contributed by atoms with Crippen molar-refractivity contribution in [2.45, 2.75) is 32.4 Å². The average molecular weight is 462 g/mol. The first kappa shape index (κ1) is 22.0. The zero-order chi connectivity index (χ0) is 22.9. The molecule has 166 valence electrons. The van der Waals surface area contributed by atoms with Crippen LogP contribution in [0.2, 0.25) is 5.02 Å².